The molecule has 5 heteroatoms. The van der Waals surface area contributed by atoms with Gasteiger partial charge in [0.25, 0.3) is 5.89 Å². The van der Waals surface area contributed by atoms with E-state index in [1.807, 2.05) is 6.92 Å². The smallest absolute Gasteiger partial charge is 0.311 e. The van der Waals surface area contributed by atoms with Crippen molar-refractivity contribution in [3.8, 4) is 11.7 Å². The number of aryl methyl sites for hydroxylation is 1. The number of carboxylic acid groups (broad SMARTS) is 1. The van der Waals surface area contributed by atoms with Crippen LogP contribution in [0, 0.1) is 6.92 Å². The van der Waals surface area contributed by atoms with Gasteiger partial charge in [-0.1, -0.05) is 0 Å². The fourth-order valence-corrected chi connectivity index (χ4v) is 1.20. The zero-order valence-electron chi connectivity index (χ0n) is 8.06. The predicted molar refractivity (Wildman–Crippen MR) is 50.3 cm³/mol. The van der Waals surface area contributed by atoms with Crippen molar-refractivity contribution in [1.82, 2.24) is 4.98 Å². The van der Waals surface area contributed by atoms with Crippen LogP contribution in [0.4, 0.5) is 0 Å². The number of rotatable bonds is 3. The molecule has 0 aromatic carbocycles. The summed E-state index contributed by atoms with van der Waals surface area (Å²) < 4.78 is 10.5. The Bertz CT molecular complexity index is 483. The van der Waals surface area contributed by atoms with Gasteiger partial charge < -0.3 is 13.9 Å². The number of hydrogen-bond acceptors (Lipinski definition) is 4. The van der Waals surface area contributed by atoms with E-state index in [9.17, 15) is 4.79 Å². The van der Waals surface area contributed by atoms with Crippen LogP contribution in [0.15, 0.2) is 27.2 Å². The van der Waals surface area contributed by atoms with Gasteiger partial charge in [0, 0.05) is 0 Å². The highest BCUT2D eigenvalue weighted by Crippen LogP contribution is 2.21. The van der Waals surface area contributed by atoms with Gasteiger partial charge in [0.15, 0.2) is 5.76 Å². The highest BCUT2D eigenvalue weighted by Gasteiger charge is 2.11. The third-order valence-electron chi connectivity index (χ3n) is 1.83. The van der Waals surface area contributed by atoms with E-state index >= 15 is 0 Å². The van der Waals surface area contributed by atoms with Crippen molar-refractivity contribution < 1.29 is 18.7 Å². The number of hydrogen-bond donors (Lipinski definition) is 1. The summed E-state index contributed by atoms with van der Waals surface area (Å²) in [5, 5.41) is 8.54. The maximum absolute atomic E-state index is 10.4. The van der Waals surface area contributed by atoms with Crippen LogP contribution in [0.2, 0.25) is 0 Å². The van der Waals surface area contributed by atoms with E-state index in [1.165, 1.54) is 6.20 Å². The highest BCUT2D eigenvalue weighted by molar-refractivity contribution is 5.69. The molecule has 2 aromatic heterocycles. The zero-order chi connectivity index (χ0) is 10.8. The second-order valence-electron chi connectivity index (χ2n) is 3.11. The Kier molecular flexibility index (Phi) is 2.29. The summed E-state index contributed by atoms with van der Waals surface area (Å²) in [5.41, 5.74) is 0. The third-order valence-corrected chi connectivity index (χ3v) is 1.83. The van der Waals surface area contributed by atoms with E-state index < -0.39 is 5.97 Å². The summed E-state index contributed by atoms with van der Waals surface area (Å²) in [6, 6.07) is 3.52. The fourth-order valence-electron chi connectivity index (χ4n) is 1.20. The number of carbonyl (C=O) groups is 1. The van der Waals surface area contributed by atoms with Crippen molar-refractivity contribution in [2.24, 2.45) is 0 Å². The Morgan fingerprint density at radius 1 is 1.47 bits per heavy atom. The summed E-state index contributed by atoms with van der Waals surface area (Å²) in [6.07, 6.45) is 1.22. The van der Waals surface area contributed by atoms with Gasteiger partial charge in [-0.3, -0.25) is 4.79 Å². The first-order valence-electron chi connectivity index (χ1n) is 4.38. The Morgan fingerprint density at radius 3 is 2.87 bits per heavy atom. The van der Waals surface area contributed by atoms with Crippen molar-refractivity contribution in [2.75, 3.05) is 0 Å². The number of aliphatic carboxylic acids is 1. The lowest BCUT2D eigenvalue weighted by molar-refractivity contribution is -0.136. The van der Waals surface area contributed by atoms with Gasteiger partial charge in [0.2, 0.25) is 0 Å². The van der Waals surface area contributed by atoms with Gasteiger partial charge in [-0.2, -0.15) is 0 Å². The maximum Gasteiger partial charge on any atom is 0.311 e. The molecule has 0 atom stereocenters. The highest BCUT2D eigenvalue weighted by atomic mass is 16.4. The quantitative estimate of drug-likeness (QED) is 0.831. The molecule has 0 unspecified atom stereocenters. The van der Waals surface area contributed by atoms with Crippen LogP contribution in [-0.4, -0.2) is 16.1 Å². The van der Waals surface area contributed by atoms with Gasteiger partial charge in [0.1, 0.15) is 17.9 Å². The topological polar surface area (TPSA) is 76.5 Å². The molecule has 0 aliphatic carbocycles. The largest absolute Gasteiger partial charge is 0.481 e. The normalized spacial score (nSPS) is 10.5. The van der Waals surface area contributed by atoms with Crippen LogP contribution in [0.3, 0.4) is 0 Å². The SMILES string of the molecule is Cc1ccc(-c2ncc(CC(=O)O)o2)o1. The Hall–Kier alpha value is -2.04. The van der Waals surface area contributed by atoms with Crippen molar-refractivity contribution in [3.63, 3.8) is 0 Å². The summed E-state index contributed by atoms with van der Waals surface area (Å²) >= 11 is 0. The summed E-state index contributed by atoms with van der Waals surface area (Å²) in [5.74, 6) is 0.923. The zero-order valence-corrected chi connectivity index (χ0v) is 8.06. The third kappa shape index (κ3) is 2.07. The van der Waals surface area contributed by atoms with Gasteiger partial charge in [0.05, 0.1) is 6.20 Å². The summed E-state index contributed by atoms with van der Waals surface area (Å²) in [6.45, 7) is 1.81. The minimum Gasteiger partial charge on any atom is -0.481 e. The Morgan fingerprint density at radius 2 is 2.27 bits per heavy atom. The number of aromatic nitrogens is 1. The monoisotopic (exact) mass is 207 g/mol. The molecule has 5 nitrogen and oxygen atoms in total. The van der Waals surface area contributed by atoms with Gasteiger partial charge in [-0.25, -0.2) is 4.98 Å². The lowest BCUT2D eigenvalue weighted by Crippen LogP contribution is -1.97. The molecule has 0 bridgehead atoms. The van der Waals surface area contributed by atoms with E-state index in [0.717, 1.165) is 5.76 Å². The van der Waals surface area contributed by atoms with Crippen LogP contribution in [0.1, 0.15) is 11.5 Å². The molecule has 2 aromatic rings. The van der Waals surface area contributed by atoms with E-state index in [4.69, 9.17) is 13.9 Å². The molecule has 0 aliphatic rings. The average Bonchev–Trinajstić information content (AvgIpc) is 2.72. The minimum atomic E-state index is -0.951. The van der Waals surface area contributed by atoms with Crippen LogP contribution >= 0.6 is 0 Å². The van der Waals surface area contributed by atoms with E-state index in [0.29, 0.717) is 17.4 Å². The number of nitrogens with zero attached hydrogens (tertiary/aromatic N) is 1. The number of oxazole rings is 1. The molecule has 0 spiro atoms. The first-order valence-corrected chi connectivity index (χ1v) is 4.38. The van der Waals surface area contributed by atoms with Gasteiger partial charge in [-0.15, -0.1) is 0 Å². The van der Waals surface area contributed by atoms with Crippen molar-refractivity contribution in [2.45, 2.75) is 13.3 Å². The molecule has 15 heavy (non-hydrogen) atoms. The maximum atomic E-state index is 10.4. The average molecular weight is 207 g/mol. The molecule has 0 saturated carbocycles. The summed E-state index contributed by atoms with van der Waals surface area (Å²) in [7, 11) is 0. The molecule has 2 rings (SSSR count). The molecular formula is C10H9NO4. The molecule has 2 heterocycles. The first-order chi connectivity index (χ1) is 7.15. The number of furan rings is 1. The molecule has 0 aliphatic heterocycles. The van der Waals surface area contributed by atoms with Gasteiger partial charge in [-0.05, 0) is 19.1 Å². The minimum absolute atomic E-state index is 0.174. The van der Waals surface area contributed by atoms with Gasteiger partial charge >= 0.3 is 5.97 Å². The van der Waals surface area contributed by atoms with E-state index in [-0.39, 0.29) is 6.42 Å². The van der Waals surface area contributed by atoms with Crippen LogP contribution in [-0.2, 0) is 11.2 Å². The molecular weight excluding hydrogens is 198 g/mol. The lowest BCUT2D eigenvalue weighted by atomic mass is 10.4. The lowest BCUT2D eigenvalue weighted by Gasteiger charge is -1.89. The van der Waals surface area contributed by atoms with Crippen molar-refractivity contribution in [3.05, 3.63) is 29.9 Å². The van der Waals surface area contributed by atoms with Crippen LogP contribution < -0.4 is 0 Å². The molecule has 0 amide bonds. The second kappa shape index (κ2) is 3.61. The van der Waals surface area contributed by atoms with Crippen molar-refractivity contribution >= 4 is 5.97 Å². The van der Waals surface area contributed by atoms with Crippen LogP contribution in [0.5, 0.6) is 0 Å². The Labute approximate surface area is 85.3 Å². The van der Waals surface area contributed by atoms with E-state index in [2.05, 4.69) is 4.98 Å². The van der Waals surface area contributed by atoms with Crippen molar-refractivity contribution in [1.29, 1.82) is 0 Å². The molecule has 1 N–H and O–H groups in total. The van der Waals surface area contributed by atoms with Crippen LogP contribution in [0.25, 0.3) is 11.7 Å². The van der Waals surface area contributed by atoms with E-state index in [1.54, 1.807) is 12.1 Å². The second-order valence-corrected chi connectivity index (χ2v) is 3.11. The predicted octanol–water partition coefficient (Wildman–Crippen LogP) is 1.87. The molecule has 0 fully saturated rings. The number of carboxylic acids is 1. The Balaban J connectivity index is 2.23. The first kappa shape index (κ1) is 9.51. The molecule has 78 valence electrons. The fraction of sp³-hybridized carbons (Fsp3) is 0.200. The molecule has 0 radical (unpaired) electrons. The molecule has 0 saturated heterocycles. The summed E-state index contributed by atoms with van der Waals surface area (Å²) in [4.78, 5) is 14.3. The standard InChI is InChI=1S/C10H9NO4/c1-6-2-3-8(14-6)10-11-5-7(15-10)4-9(12)13/h2-3,5H,4H2,1H3,(H,12,13).